The first-order valence-corrected chi connectivity index (χ1v) is 8.33. The Hall–Kier alpha value is -1.12. The van der Waals surface area contributed by atoms with Gasteiger partial charge in [-0.2, -0.15) is 0 Å². The van der Waals surface area contributed by atoms with Gasteiger partial charge in [0.05, 0.1) is 12.9 Å². The van der Waals surface area contributed by atoms with Crippen LogP contribution < -0.4 is 33.4 Å². The van der Waals surface area contributed by atoms with Gasteiger partial charge in [0.25, 0.3) is 0 Å². The molecule has 0 radical (unpaired) electrons. The van der Waals surface area contributed by atoms with Crippen molar-refractivity contribution < 1.29 is 38.2 Å². The second-order valence-electron chi connectivity index (χ2n) is 6.89. The summed E-state index contributed by atoms with van der Waals surface area (Å²) in [5, 5.41) is 13.1. The minimum absolute atomic E-state index is 0. The van der Waals surface area contributed by atoms with Gasteiger partial charge in [-0.1, -0.05) is 6.10 Å². The van der Waals surface area contributed by atoms with Crippen molar-refractivity contribution in [3.05, 3.63) is 35.1 Å². The zero-order valence-corrected chi connectivity index (χ0v) is 14.2. The van der Waals surface area contributed by atoms with Crippen molar-refractivity contribution in [2.75, 3.05) is 27.0 Å². The molecule has 0 amide bonds. The largest absolute Gasteiger partial charge is 1.00 e. The van der Waals surface area contributed by atoms with Crippen LogP contribution in [-0.2, 0) is 11.2 Å². The number of rotatable bonds is 1. The molecule has 0 bridgehead atoms. The molecular weight excluding hydrogens is 301 g/mol. The van der Waals surface area contributed by atoms with E-state index in [1.54, 1.807) is 7.11 Å². The number of nitrogens with zero attached hydrogens (tertiary/aromatic N) is 1. The molecule has 0 aromatic heterocycles. The van der Waals surface area contributed by atoms with E-state index in [4.69, 9.17) is 14.2 Å². The van der Waals surface area contributed by atoms with Crippen LogP contribution in [0.3, 0.4) is 0 Å². The first-order valence-electron chi connectivity index (χ1n) is 8.33. The van der Waals surface area contributed by atoms with E-state index >= 15 is 0 Å². The maximum absolute atomic E-state index is 13.1. The molecule has 122 valence electrons. The van der Waals surface area contributed by atoms with Crippen LogP contribution in [0.5, 0.6) is 11.5 Å². The molecule has 1 spiro atoms. The van der Waals surface area contributed by atoms with Gasteiger partial charge in [0.2, 0.25) is 6.79 Å². The fourth-order valence-electron chi connectivity index (χ4n) is 4.97. The van der Waals surface area contributed by atoms with Crippen molar-refractivity contribution in [2.24, 2.45) is 0 Å². The predicted molar refractivity (Wildman–Crippen MR) is 81.4 cm³/mol. The molecule has 3 aliphatic heterocycles. The molecule has 6 heteroatoms. The molecule has 4 aliphatic rings. The molecule has 1 aliphatic carbocycles. The zero-order valence-electron chi connectivity index (χ0n) is 14.2. The second-order valence-corrected chi connectivity index (χ2v) is 6.89. The Morgan fingerprint density at radius 2 is 2.04 bits per heavy atom. The molecule has 1 fully saturated rings. The van der Waals surface area contributed by atoms with Gasteiger partial charge in [-0.05, 0) is 55.1 Å². The Kier molecular flexibility index (Phi) is 3.89. The Morgan fingerprint density at radius 3 is 2.83 bits per heavy atom. The number of ether oxygens (including phenoxy) is 3. The van der Waals surface area contributed by atoms with Gasteiger partial charge in [-0.25, -0.2) is 0 Å². The van der Waals surface area contributed by atoms with Crippen LogP contribution in [0.25, 0.3) is 0 Å². The van der Waals surface area contributed by atoms with E-state index in [-0.39, 0.29) is 37.1 Å². The third kappa shape index (κ3) is 2.02. The summed E-state index contributed by atoms with van der Waals surface area (Å²) in [6, 6.07) is 4.12. The van der Waals surface area contributed by atoms with Crippen molar-refractivity contribution in [2.45, 2.75) is 36.8 Å². The Labute approximate surface area is 153 Å². The Bertz CT molecular complexity index is 707. The van der Waals surface area contributed by atoms with Gasteiger partial charge >= 0.3 is 18.9 Å². The average Bonchev–Trinajstić information content (AvgIpc) is 3.21. The van der Waals surface area contributed by atoms with Crippen molar-refractivity contribution in [1.29, 1.82) is 0 Å². The quantitative estimate of drug-likeness (QED) is 0.570. The van der Waals surface area contributed by atoms with Crippen LogP contribution in [0, 0.1) is 0 Å². The maximum Gasteiger partial charge on any atom is 1.00 e. The molecule has 1 unspecified atom stereocenters. The summed E-state index contributed by atoms with van der Waals surface area (Å²) in [6.07, 6.45) is 4.38. The van der Waals surface area contributed by atoms with Gasteiger partial charge in [-0.15, -0.1) is 0 Å². The minimum atomic E-state index is -0.849. The Morgan fingerprint density at radius 1 is 1.25 bits per heavy atom. The SMILES string of the molecule is COC1=C[C@]23CCCN2CCc2cc4c(cc2[C@@H]3C1[O-])OCO4.[Li+]. The summed E-state index contributed by atoms with van der Waals surface area (Å²) in [4.78, 5) is 2.49. The summed E-state index contributed by atoms with van der Waals surface area (Å²) >= 11 is 0. The van der Waals surface area contributed by atoms with Gasteiger partial charge < -0.3 is 19.3 Å². The molecule has 24 heavy (non-hydrogen) atoms. The van der Waals surface area contributed by atoms with E-state index in [9.17, 15) is 5.11 Å². The van der Waals surface area contributed by atoms with Crippen molar-refractivity contribution in [1.82, 2.24) is 4.90 Å². The molecule has 1 saturated heterocycles. The van der Waals surface area contributed by atoms with Gasteiger partial charge in [0.15, 0.2) is 11.5 Å². The molecule has 3 atom stereocenters. The van der Waals surface area contributed by atoms with Crippen molar-refractivity contribution in [3.63, 3.8) is 0 Å². The molecule has 1 aromatic rings. The first-order chi connectivity index (χ1) is 11.2. The van der Waals surface area contributed by atoms with E-state index in [2.05, 4.69) is 17.0 Å². The summed E-state index contributed by atoms with van der Waals surface area (Å²) in [5.41, 5.74) is 2.16. The Balaban J connectivity index is 0.00000146. The van der Waals surface area contributed by atoms with E-state index in [1.165, 1.54) is 5.56 Å². The van der Waals surface area contributed by atoms with Crippen molar-refractivity contribution >= 4 is 0 Å². The molecule has 5 nitrogen and oxygen atoms in total. The van der Waals surface area contributed by atoms with E-state index < -0.39 is 6.10 Å². The van der Waals surface area contributed by atoms with Gasteiger partial charge in [-0.3, -0.25) is 4.90 Å². The van der Waals surface area contributed by atoms with Crippen LogP contribution in [0.1, 0.15) is 29.9 Å². The van der Waals surface area contributed by atoms with Crippen LogP contribution in [0.4, 0.5) is 0 Å². The number of benzene rings is 1. The topological polar surface area (TPSA) is 54.0 Å². The number of hydrogen-bond donors (Lipinski definition) is 0. The van der Waals surface area contributed by atoms with E-state index in [0.717, 1.165) is 49.4 Å². The summed E-state index contributed by atoms with van der Waals surface area (Å²) in [6.45, 7) is 2.29. The third-order valence-electron chi connectivity index (χ3n) is 5.96. The predicted octanol–water partition coefficient (Wildman–Crippen LogP) is -1.83. The molecule has 5 rings (SSSR count). The maximum atomic E-state index is 13.1. The van der Waals surface area contributed by atoms with Crippen LogP contribution in [-0.4, -0.2) is 43.5 Å². The standard InChI is InChI=1S/C18H20NO4.Li/c1-21-15-9-18-4-2-5-19(18)6-3-11-7-13-14(23-10-22-13)8-12(11)16(18)17(15)20;/h7-9,16-17H,2-6,10H2,1H3;/q-1;+1/t16-,17?,18+;/m1./s1. The summed E-state index contributed by atoms with van der Waals surface area (Å²) in [5.74, 6) is 2.06. The fourth-order valence-corrected chi connectivity index (χ4v) is 4.97. The number of methoxy groups -OCH3 is 1. The third-order valence-corrected chi connectivity index (χ3v) is 5.96. The second kappa shape index (κ2) is 5.71. The normalized spacial score (nSPS) is 33.0. The van der Waals surface area contributed by atoms with Crippen LogP contribution in [0.15, 0.2) is 24.0 Å². The average molecular weight is 321 g/mol. The van der Waals surface area contributed by atoms with Gasteiger partial charge in [0.1, 0.15) is 0 Å². The molecule has 3 heterocycles. The van der Waals surface area contributed by atoms with Crippen molar-refractivity contribution in [3.8, 4) is 11.5 Å². The minimum Gasteiger partial charge on any atom is -0.846 e. The first kappa shape index (κ1) is 16.4. The molecule has 1 aromatic carbocycles. The smallest absolute Gasteiger partial charge is 0.846 e. The van der Waals surface area contributed by atoms with E-state index in [0.29, 0.717) is 5.76 Å². The fraction of sp³-hybridized carbons (Fsp3) is 0.556. The molecule has 0 saturated carbocycles. The zero-order chi connectivity index (χ0) is 15.6. The monoisotopic (exact) mass is 321 g/mol. The molecule has 0 N–H and O–H groups in total. The van der Waals surface area contributed by atoms with Gasteiger partial charge in [0, 0.05) is 18.0 Å². The van der Waals surface area contributed by atoms with Crippen LogP contribution in [0.2, 0.25) is 0 Å². The summed E-state index contributed by atoms with van der Waals surface area (Å²) in [7, 11) is 1.61. The van der Waals surface area contributed by atoms with Crippen LogP contribution >= 0.6 is 0 Å². The number of hydrogen-bond acceptors (Lipinski definition) is 5. The number of fused-ring (bicyclic) bond motifs is 3. The van der Waals surface area contributed by atoms with E-state index in [1.807, 2.05) is 6.07 Å². The molecular formula is C18H20LiNO4. The summed E-state index contributed by atoms with van der Waals surface area (Å²) < 4.78 is 16.5.